The fraction of sp³-hybridized carbons (Fsp3) is 0.222. The van der Waals surface area contributed by atoms with Gasteiger partial charge in [0.2, 0.25) is 0 Å². The zero-order chi connectivity index (χ0) is 18.0. The summed E-state index contributed by atoms with van der Waals surface area (Å²) in [5.41, 5.74) is 1.51. The molecule has 1 N–H and O–H groups in total. The van der Waals surface area contributed by atoms with Crippen LogP contribution in [0, 0.1) is 11.6 Å². The van der Waals surface area contributed by atoms with Gasteiger partial charge in [-0.2, -0.15) is 0 Å². The number of halogens is 2. The summed E-state index contributed by atoms with van der Waals surface area (Å²) in [4.78, 5) is 16.6. The SMILES string of the molecule is CC(C)c1cc(C(=O)Nc2nccs2)n(Cc2cccc(F)c2F)c1. The molecule has 2 heterocycles. The first-order chi connectivity index (χ1) is 12.0. The van der Waals surface area contributed by atoms with Gasteiger partial charge < -0.3 is 4.57 Å². The van der Waals surface area contributed by atoms with Gasteiger partial charge in [-0.25, -0.2) is 13.8 Å². The molecule has 3 aromatic rings. The third-order valence-electron chi connectivity index (χ3n) is 3.84. The largest absolute Gasteiger partial charge is 0.339 e. The number of carbonyl (C=O) groups excluding carboxylic acids is 1. The van der Waals surface area contributed by atoms with Crippen LogP contribution in [0.25, 0.3) is 0 Å². The number of amides is 1. The number of benzene rings is 1. The van der Waals surface area contributed by atoms with Gasteiger partial charge in [0.25, 0.3) is 5.91 Å². The summed E-state index contributed by atoms with van der Waals surface area (Å²) in [5.74, 6) is -1.93. The van der Waals surface area contributed by atoms with E-state index in [2.05, 4.69) is 10.3 Å². The van der Waals surface area contributed by atoms with Gasteiger partial charge in [0.1, 0.15) is 5.69 Å². The molecule has 0 spiro atoms. The lowest BCUT2D eigenvalue weighted by molar-refractivity contribution is 0.101. The van der Waals surface area contributed by atoms with E-state index in [4.69, 9.17) is 0 Å². The Balaban J connectivity index is 1.94. The van der Waals surface area contributed by atoms with Crippen molar-refractivity contribution in [2.45, 2.75) is 26.3 Å². The molecule has 0 saturated carbocycles. The Labute approximate surface area is 148 Å². The number of hydrogen-bond donors (Lipinski definition) is 1. The van der Waals surface area contributed by atoms with Gasteiger partial charge in [0.15, 0.2) is 16.8 Å². The zero-order valence-corrected chi connectivity index (χ0v) is 14.6. The van der Waals surface area contributed by atoms with E-state index < -0.39 is 11.6 Å². The Bertz CT molecular complexity index is 888. The van der Waals surface area contributed by atoms with Crippen molar-refractivity contribution in [3.63, 3.8) is 0 Å². The molecule has 0 atom stereocenters. The minimum absolute atomic E-state index is 0.0664. The molecule has 3 rings (SSSR count). The maximum absolute atomic E-state index is 14.0. The van der Waals surface area contributed by atoms with Crippen molar-refractivity contribution in [2.24, 2.45) is 0 Å². The molecule has 2 aromatic heterocycles. The number of nitrogens with one attached hydrogen (secondary N) is 1. The molecule has 0 aliphatic rings. The summed E-state index contributed by atoms with van der Waals surface area (Å²) in [5, 5.41) is 4.97. The molecule has 0 radical (unpaired) electrons. The smallest absolute Gasteiger partial charge is 0.274 e. The molecule has 0 aliphatic carbocycles. The fourth-order valence-electron chi connectivity index (χ4n) is 2.47. The second-order valence-electron chi connectivity index (χ2n) is 5.95. The zero-order valence-electron chi connectivity index (χ0n) is 13.8. The molecular formula is C18H17F2N3OS. The minimum Gasteiger partial charge on any atom is -0.339 e. The van der Waals surface area contributed by atoms with E-state index in [0.717, 1.165) is 11.6 Å². The van der Waals surface area contributed by atoms with Gasteiger partial charge in [-0.15, -0.1) is 11.3 Å². The van der Waals surface area contributed by atoms with E-state index in [1.165, 1.54) is 23.5 Å². The van der Waals surface area contributed by atoms with Crippen molar-refractivity contribution >= 4 is 22.4 Å². The van der Waals surface area contributed by atoms with Crippen LogP contribution in [0.4, 0.5) is 13.9 Å². The van der Waals surface area contributed by atoms with Gasteiger partial charge >= 0.3 is 0 Å². The Morgan fingerprint density at radius 1 is 1.36 bits per heavy atom. The predicted octanol–water partition coefficient (Wildman–Crippen LogP) is 4.65. The minimum atomic E-state index is -0.900. The van der Waals surface area contributed by atoms with E-state index in [9.17, 15) is 13.6 Å². The first-order valence-electron chi connectivity index (χ1n) is 7.79. The van der Waals surface area contributed by atoms with E-state index in [1.54, 1.807) is 28.4 Å². The van der Waals surface area contributed by atoms with Gasteiger partial charge in [-0.3, -0.25) is 10.1 Å². The van der Waals surface area contributed by atoms with Crippen molar-refractivity contribution in [1.29, 1.82) is 0 Å². The summed E-state index contributed by atoms with van der Waals surface area (Å²) < 4.78 is 29.1. The van der Waals surface area contributed by atoms with Crippen LogP contribution in [0.2, 0.25) is 0 Å². The summed E-state index contributed by atoms with van der Waals surface area (Å²) in [6.07, 6.45) is 3.40. The van der Waals surface area contributed by atoms with Gasteiger partial charge in [-0.05, 0) is 23.6 Å². The molecule has 7 heteroatoms. The maximum Gasteiger partial charge on any atom is 0.274 e. The molecule has 130 valence electrons. The molecule has 0 unspecified atom stereocenters. The molecule has 1 aromatic carbocycles. The molecule has 4 nitrogen and oxygen atoms in total. The van der Waals surface area contributed by atoms with Gasteiger partial charge in [0, 0.05) is 23.3 Å². The average molecular weight is 361 g/mol. The molecule has 0 aliphatic heterocycles. The van der Waals surface area contributed by atoms with E-state index in [-0.39, 0.29) is 23.9 Å². The van der Waals surface area contributed by atoms with Crippen LogP contribution < -0.4 is 5.32 Å². The van der Waals surface area contributed by atoms with E-state index in [1.807, 2.05) is 13.8 Å². The number of rotatable bonds is 5. The number of thiazole rings is 1. The van der Waals surface area contributed by atoms with Crippen LogP contribution in [0.3, 0.4) is 0 Å². The number of hydrogen-bond acceptors (Lipinski definition) is 3. The lowest BCUT2D eigenvalue weighted by Gasteiger charge is -2.10. The molecular weight excluding hydrogens is 344 g/mol. The van der Waals surface area contributed by atoms with Crippen LogP contribution in [0.5, 0.6) is 0 Å². The third kappa shape index (κ3) is 3.76. The molecule has 0 saturated heterocycles. The maximum atomic E-state index is 14.0. The van der Waals surface area contributed by atoms with E-state index in [0.29, 0.717) is 10.8 Å². The van der Waals surface area contributed by atoms with Crippen molar-refractivity contribution < 1.29 is 13.6 Å². The van der Waals surface area contributed by atoms with Crippen molar-refractivity contribution in [3.05, 3.63) is 70.5 Å². The highest BCUT2D eigenvalue weighted by atomic mass is 32.1. The summed E-state index contributed by atoms with van der Waals surface area (Å²) in [7, 11) is 0. The number of nitrogens with zero attached hydrogens (tertiary/aromatic N) is 2. The van der Waals surface area contributed by atoms with Crippen LogP contribution in [-0.2, 0) is 6.54 Å². The Kier molecular flexibility index (Phi) is 4.94. The second-order valence-corrected chi connectivity index (χ2v) is 6.84. The summed E-state index contributed by atoms with van der Waals surface area (Å²) in [6, 6.07) is 5.81. The quantitative estimate of drug-likeness (QED) is 0.719. The highest BCUT2D eigenvalue weighted by Gasteiger charge is 2.18. The van der Waals surface area contributed by atoms with Crippen molar-refractivity contribution in [2.75, 3.05) is 5.32 Å². The van der Waals surface area contributed by atoms with Crippen LogP contribution >= 0.6 is 11.3 Å². The second kappa shape index (κ2) is 7.14. The van der Waals surface area contributed by atoms with Crippen LogP contribution in [-0.4, -0.2) is 15.5 Å². The Morgan fingerprint density at radius 3 is 2.84 bits per heavy atom. The highest BCUT2D eigenvalue weighted by Crippen LogP contribution is 2.22. The van der Waals surface area contributed by atoms with Crippen LogP contribution in [0.15, 0.2) is 42.0 Å². The van der Waals surface area contributed by atoms with Crippen LogP contribution in [0.1, 0.15) is 41.4 Å². The number of aromatic nitrogens is 2. The van der Waals surface area contributed by atoms with Crippen molar-refractivity contribution in [1.82, 2.24) is 9.55 Å². The van der Waals surface area contributed by atoms with Crippen molar-refractivity contribution in [3.8, 4) is 0 Å². The van der Waals surface area contributed by atoms with Gasteiger partial charge in [-0.1, -0.05) is 26.0 Å². The lowest BCUT2D eigenvalue weighted by Crippen LogP contribution is -2.17. The third-order valence-corrected chi connectivity index (χ3v) is 4.53. The normalized spacial score (nSPS) is 11.1. The Hall–Kier alpha value is -2.54. The standard InChI is InChI=1S/C18H17F2N3OS/c1-11(2)13-8-15(17(24)22-18-21-6-7-25-18)23(10-13)9-12-4-3-5-14(19)16(12)20/h3-8,10-11H,9H2,1-2H3,(H,21,22,24). The molecule has 1 amide bonds. The molecule has 25 heavy (non-hydrogen) atoms. The first-order valence-corrected chi connectivity index (χ1v) is 8.67. The lowest BCUT2D eigenvalue weighted by atomic mass is 10.1. The topological polar surface area (TPSA) is 46.9 Å². The average Bonchev–Trinajstić information content (AvgIpc) is 3.21. The molecule has 0 bridgehead atoms. The fourth-order valence-corrected chi connectivity index (χ4v) is 2.99. The molecule has 0 fully saturated rings. The Morgan fingerprint density at radius 2 is 2.16 bits per heavy atom. The van der Waals surface area contributed by atoms with Gasteiger partial charge in [0.05, 0.1) is 6.54 Å². The highest BCUT2D eigenvalue weighted by molar-refractivity contribution is 7.13. The summed E-state index contributed by atoms with van der Waals surface area (Å²) in [6.45, 7) is 4.08. The predicted molar refractivity (Wildman–Crippen MR) is 94.0 cm³/mol. The number of anilines is 1. The first kappa shape index (κ1) is 17.3. The monoisotopic (exact) mass is 361 g/mol. The summed E-state index contributed by atoms with van der Waals surface area (Å²) >= 11 is 1.31. The van der Waals surface area contributed by atoms with E-state index >= 15 is 0 Å². The number of carbonyl (C=O) groups is 1.